The Labute approximate surface area is 102 Å². The van der Waals surface area contributed by atoms with Gasteiger partial charge in [-0.2, -0.15) is 0 Å². The molecule has 1 saturated carbocycles. The zero-order chi connectivity index (χ0) is 11.4. The first-order valence-corrected chi connectivity index (χ1v) is 6.39. The van der Waals surface area contributed by atoms with Crippen molar-refractivity contribution in [3.05, 3.63) is 17.3 Å². The third-order valence-electron chi connectivity index (χ3n) is 3.36. The molecule has 0 aromatic carbocycles. The molecule has 4 heteroatoms. The Morgan fingerprint density at radius 1 is 1.25 bits per heavy atom. The molecular weight excluding hydrogens is 222 g/mol. The highest BCUT2D eigenvalue weighted by atomic mass is 35.5. The Hall–Kier alpha value is -0.830. The molecule has 1 aromatic heterocycles. The van der Waals surface area contributed by atoms with Crippen LogP contribution in [-0.2, 0) is 0 Å². The predicted octanol–water partition coefficient (Wildman–Crippen LogP) is 3.51. The van der Waals surface area contributed by atoms with E-state index >= 15 is 0 Å². The number of rotatable bonds is 3. The van der Waals surface area contributed by atoms with Crippen molar-refractivity contribution >= 4 is 17.4 Å². The normalized spacial score (nSPS) is 19.4. The Kier molecular flexibility index (Phi) is 3.99. The molecule has 16 heavy (non-hydrogen) atoms. The number of hydrogen-bond acceptors (Lipinski definition) is 3. The Morgan fingerprint density at radius 3 is 2.62 bits per heavy atom. The average Bonchev–Trinajstić information content (AvgIpc) is 2.33. The number of anilines is 1. The smallest absolute Gasteiger partial charge is 0.151 e. The second-order valence-corrected chi connectivity index (χ2v) is 4.96. The molecule has 0 spiro atoms. The average molecular weight is 240 g/mol. The molecule has 3 nitrogen and oxygen atoms in total. The summed E-state index contributed by atoms with van der Waals surface area (Å²) in [6, 6.07) is 4.12. The summed E-state index contributed by atoms with van der Waals surface area (Å²) in [5.41, 5.74) is 0. The van der Waals surface area contributed by atoms with Gasteiger partial charge < -0.3 is 5.32 Å². The van der Waals surface area contributed by atoms with Crippen molar-refractivity contribution in [1.82, 2.24) is 10.2 Å². The van der Waals surface area contributed by atoms with E-state index in [1.165, 1.54) is 32.1 Å². The molecular formula is C12H18ClN3. The molecule has 0 bridgehead atoms. The third kappa shape index (κ3) is 3.08. The summed E-state index contributed by atoms with van der Waals surface area (Å²) in [6.07, 6.45) is 6.78. The van der Waals surface area contributed by atoms with Crippen LogP contribution in [0.5, 0.6) is 0 Å². The summed E-state index contributed by atoms with van der Waals surface area (Å²) in [7, 11) is 0. The van der Waals surface area contributed by atoms with Gasteiger partial charge in [0.05, 0.1) is 0 Å². The lowest BCUT2D eigenvalue weighted by atomic mass is 9.84. The van der Waals surface area contributed by atoms with Crippen LogP contribution < -0.4 is 5.32 Å². The molecule has 1 aliphatic carbocycles. The quantitative estimate of drug-likeness (QED) is 0.877. The van der Waals surface area contributed by atoms with Gasteiger partial charge in [-0.3, -0.25) is 0 Å². The minimum atomic E-state index is 0.441. The third-order valence-corrected chi connectivity index (χ3v) is 3.57. The second kappa shape index (κ2) is 5.48. The van der Waals surface area contributed by atoms with Crippen molar-refractivity contribution in [2.75, 3.05) is 5.32 Å². The van der Waals surface area contributed by atoms with Crippen LogP contribution in [0, 0.1) is 5.92 Å². The van der Waals surface area contributed by atoms with Crippen molar-refractivity contribution in [3.8, 4) is 0 Å². The summed E-state index contributed by atoms with van der Waals surface area (Å²) < 4.78 is 0. The van der Waals surface area contributed by atoms with Crippen LogP contribution in [0.2, 0.25) is 5.15 Å². The molecule has 1 atom stereocenters. The fraction of sp³-hybridized carbons (Fsp3) is 0.667. The van der Waals surface area contributed by atoms with Crippen LogP contribution in [0.3, 0.4) is 0 Å². The van der Waals surface area contributed by atoms with Crippen molar-refractivity contribution in [1.29, 1.82) is 0 Å². The zero-order valence-corrected chi connectivity index (χ0v) is 10.4. The number of nitrogens with one attached hydrogen (secondary N) is 1. The molecule has 1 heterocycles. The van der Waals surface area contributed by atoms with E-state index in [0.717, 1.165) is 11.7 Å². The first-order valence-electron chi connectivity index (χ1n) is 6.01. The van der Waals surface area contributed by atoms with E-state index in [9.17, 15) is 0 Å². The van der Waals surface area contributed by atoms with Crippen LogP contribution in [0.4, 0.5) is 5.82 Å². The van der Waals surface area contributed by atoms with Crippen LogP contribution in [-0.4, -0.2) is 16.2 Å². The molecule has 1 aromatic rings. The maximum atomic E-state index is 5.70. The van der Waals surface area contributed by atoms with Crippen molar-refractivity contribution in [3.63, 3.8) is 0 Å². The SMILES string of the molecule is CC(Nc1ccc(Cl)nn1)C1CCCCC1. The second-order valence-electron chi connectivity index (χ2n) is 4.57. The van der Waals surface area contributed by atoms with Gasteiger partial charge in [0.25, 0.3) is 0 Å². The summed E-state index contributed by atoms with van der Waals surface area (Å²) in [4.78, 5) is 0. The van der Waals surface area contributed by atoms with E-state index in [1.54, 1.807) is 6.07 Å². The molecule has 1 unspecified atom stereocenters. The predicted molar refractivity (Wildman–Crippen MR) is 66.7 cm³/mol. The van der Waals surface area contributed by atoms with Gasteiger partial charge in [0.2, 0.25) is 0 Å². The topological polar surface area (TPSA) is 37.8 Å². The molecule has 1 aliphatic rings. The Balaban J connectivity index is 1.90. The van der Waals surface area contributed by atoms with Crippen molar-refractivity contribution in [2.45, 2.75) is 45.1 Å². The van der Waals surface area contributed by atoms with E-state index < -0.39 is 0 Å². The fourth-order valence-corrected chi connectivity index (χ4v) is 2.48. The van der Waals surface area contributed by atoms with E-state index in [2.05, 4.69) is 22.4 Å². The summed E-state index contributed by atoms with van der Waals surface area (Å²) >= 11 is 5.70. The van der Waals surface area contributed by atoms with Crippen molar-refractivity contribution < 1.29 is 0 Å². The van der Waals surface area contributed by atoms with Crippen LogP contribution in [0.15, 0.2) is 12.1 Å². The highest BCUT2D eigenvalue weighted by Crippen LogP contribution is 2.27. The summed E-state index contributed by atoms with van der Waals surface area (Å²) in [6.45, 7) is 2.23. The lowest BCUT2D eigenvalue weighted by molar-refractivity contribution is 0.328. The Morgan fingerprint density at radius 2 is 2.00 bits per heavy atom. The first kappa shape index (κ1) is 11.6. The lowest BCUT2D eigenvalue weighted by Crippen LogP contribution is -2.28. The molecule has 2 rings (SSSR count). The number of halogens is 1. The fourth-order valence-electron chi connectivity index (χ4n) is 2.38. The largest absolute Gasteiger partial charge is 0.366 e. The Bertz CT molecular complexity index is 320. The minimum absolute atomic E-state index is 0.441. The first-order chi connectivity index (χ1) is 7.75. The lowest BCUT2D eigenvalue weighted by Gasteiger charge is -2.28. The molecule has 1 fully saturated rings. The van der Waals surface area contributed by atoms with Gasteiger partial charge in [-0.1, -0.05) is 30.9 Å². The summed E-state index contributed by atoms with van der Waals surface area (Å²) in [5.74, 6) is 1.59. The minimum Gasteiger partial charge on any atom is -0.366 e. The highest BCUT2D eigenvalue weighted by Gasteiger charge is 2.20. The van der Waals surface area contributed by atoms with E-state index in [0.29, 0.717) is 11.2 Å². The number of hydrogen-bond donors (Lipinski definition) is 1. The maximum absolute atomic E-state index is 5.70. The monoisotopic (exact) mass is 239 g/mol. The molecule has 0 aliphatic heterocycles. The van der Waals surface area contributed by atoms with Crippen LogP contribution in [0.25, 0.3) is 0 Å². The van der Waals surface area contributed by atoms with Crippen LogP contribution in [0.1, 0.15) is 39.0 Å². The molecule has 0 radical (unpaired) electrons. The molecule has 1 N–H and O–H groups in total. The van der Waals surface area contributed by atoms with E-state index in [1.807, 2.05) is 6.07 Å². The van der Waals surface area contributed by atoms with Gasteiger partial charge in [-0.25, -0.2) is 0 Å². The van der Waals surface area contributed by atoms with E-state index in [4.69, 9.17) is 11.6 Å². The van der Waals surface area contributed by atoms with Gasteiger partial charge in [-0.15, -0.1) is 10.2 Å². The van der Waals surface area contributed by atoms with Gasteiger partial charge in [-0.05, 0) is 37.8 Å². The number of aromatic nitrogens is 2. The van der Waals surface area contributed by atoms with Crippen molar-refractivity contribution in [2.24, 2.45) is 5.92 Å². The molecule has 0 amide bonds. The van der Waals surface area contributed by atoms with Gasteiger partial charge in [0.1, 0.15) is 5.82 Å². The summed E-state index contributed by atoms with van der Waals surface area (Å²) in [5, 5.41) is 11.7. The highest BCUT2D eigenvalue weighted by molar-refractivity contribution is 6.29. The van der Waals surface area contributed by atoms with Gasteiger partial charge in [0.15, 0.2) is 5.15 Å². The van der Waals surface area contributed by atoms with E-state index in [-0.39, 0.29) is 0 Å². The molecule has 0 saturated heterocycles. The zero-order valence-electron chi connectivity index (χ0n) is 9.62. The standard InChI is InChI=1S/C12H18ClN3/c1-9(10-5-3-2-4-6-10)14-12-8-7-11(13)15-16-12/h7-10H,2-6H2,1H3,(H,14,16). The molecule has 88 valence electrons. The van der Waals surface area contributed by atoms with Gasteiger partial charge in [0, 0.05) is 6.04 Å². The van der Waals surface area contributed by atoms with Crippen LogP contribution >= 0.6 is 11.6 Å². The number of nitrogens with zero attached hydrogens (tertiary/aromatic N) is 2. The maximum Gasteiger partial charge on any atom is 0.151 e. The van der Waals surface area contributed by atoms with Gasteiger partial charge >= 0.3 is 0 Å².